The Morgan fingerprint density at radius 2 is 1.91 bits per heavy atom. The molecule has 11 heteroatoms. The molecule has 0 bridgehead atoms. The van der Waals surface area contributed by atoms with E-state index in [9.17, 15) is 8.42 Å². The van der Waals surface area contributed by atoms with E-state index < -0.39 is 10.0 Å². The molecule has 0 fully saturated rings. The molecule has 0 aliphatic heterocycles. The lowest BCUT2D eigenvalue weighted by atomic mass is 10.2. The van der Waals surface area contributed by atoms with E-state index in [2.05, 4.69) is 20.0 Å². The minimum absolute atomic E-state index is 0.0622. The Labute approximate surface area is 190 Å². The normalized spacial score (nSPS) is 11.6. The number of hydrogen-bond acceptors (Lipinski definition) is 7. The zero-order valence-electron chi connectivity index (χ0n) is 17.3. The number of fused-ring (bicyclic) bond motifs is 1. The second-order valence-electron chi connectivity index (χ2n) is 6.82. The number of nitrogens with one attached hydrogen (secondary N) is 1. The fourth-order valence-electron chi connectivity index (χ4n) is 3.09. The van der Waals surface area contributed by atoms with Gasteiger partial charge in [-0.05, 0) is 48.9 Å². The molecule has 0 saturated heterocycles. The summed E-state index contributed by atoms with van der Waals surface area (Å²) in [4.78, 5) is 0.157. The Kier molecular flexibility index (Phi) is 6.26. The van der Waals surface area contributed by atoms with Crippen LogP contribution in [0.2, 0.25) is 5.02 Å². The van der Waals surface area contributed by atoms with Gasteiger partial charge in [0.1, 0.15) is 12.4 Å². The van der Waals surface area contributed by atoms with Gasteiger partial charge >= 0.3 is 0 Å². The molecule has 0 amide bonds. The first kappa shape index (κ1) is 22.0. The molecular weight excluding hydrogens is 454 g/mol. The van der Waals surface area contributed by atoms with Gasteiger partial charge in [0.15, 0.2) is 11.5 Å². The summed E-state index contributed by atoms with van der Waals surface area (Å²) >= 11 is 6.27. The van der Waals surface area contributed by atoms with Gasteiger partial charge in [0.25, 0.3) is 0 Å². The van der Waals surface area contributed by atoms with Crippen LogP contribution in [0, 0.1) is 6.92 Å². The summed E-state index contributed by atoms with van der Waals surface area (Å²) in [6.07, 6.45) is 0. The van der Waals surface area contributed by atoms with Gasteiger partial charge in [-0.1, -0.05) is 23.7 Å². The molecule has 2 aromatic carbocycles. The topological polar surface area (TPSA) is 108 Å². The zero-order chi connectivity index (χ0) is 22.7. The Balaban J connectivity index is 1.43. The molecule has 1 N–H and O–H groups in total. The number of aryl methyl sites for hydroxylation is 1. The van der Waals surface area contributed by atoms with E-state index in [1.807, 2.05) is 18.2 Å². The predicted octanol–water partition coefficient (Wildman–Crippen LogP) is 3.12. The highest BCUT2D eigenvalue weighted by molar-refractivity contribution is 7.89. The minimum Gasteiger partial charge on any atom is -0.496 e. The van der Waals surface area contributed by atoms with Crippen LogP contribution in [0.5, 0.6) is 11.6 Å². The molecule has 0 radical (unpaired) electrons. The lowest BCUT2D eigenvalue weighted by molar-refractivity contribution is 0.306. The maximum absolute atomic E-state index is 12.5. The quantitative estimate of drug-likeness (QED) is 0.392. The third kappa shape index (κ3) is 4.52. The number of sulfonamides is 1. The maximum atomic E-state index is 12.5. The summed E-state index contributed by atoms with van der Waals surface area (Å²) in [6.45, 7) is 1.92. The minimum atomic E-state index is -3.68. The Hall–Kier alpha value is -3.21. The molecule has 0 atom stereocenters. The van der Waals surface area contributed by atoms with Crippen LogP contribution in [0.4, 0.5) is 0 Å². The predicted molar refractivity (Wildman–Crippen MR) is 120 cm³/mol. The molecule has 0 unspecified atom stereocenters. The first-order valence-corrected chi connectivity index (χ1v) is 11.5. The second-order valence-corrected chi connectivity index (χ2v) is 9.00. The highest BCUT2D eigenvalue weighted by Gasteiger charge is 2.16. The summed E-state index contributed by atoms with van der Waals surface area (Å²) in [5, 5.41) is 13.2. The number of aromatic nitrogens is 4. The number of halogens is 1. The van der Waals surface area contributed by atoms with Gasteiger partial charge in [-0.15, -0.1) is 15.3 Å². The second kappa shape index (κ2) is 9.11. The number of methoxy groups -OCH3 is 1. The fraction of sp³-hybridized carbons (Fsp3) is 0.190. The van der Waals surface area contributed by atoms with Gasteiger partial charge in [0.05, 0.1) is 17.0 Å². The van der Waals surface area contributed by atoms with Gasteiger partial charge in [-0.2, -0.15) is 4.52 Å². The van der Waals surface area contributed by atoms with Crippen LogP contribution < -0.4 is 14.2 Å². The van der Waals surface area contributed by atoms with Crippen molar-refractivity contribution in [2.75, 3.05) is 20.3 Å². The number of nitrogens with zero attached hydrogens (tertiary/aromatic N) is 4. The van der Waals surface area contributed by atoms with Crippen molar-refractivity contribution in [3.63, 3.8) is 0 Å². The third-order valence-corrected chi connectivity index (χ3v) is 6.46. The summed E-state index contributed by atoms with van der Waals surface area (Å²) in [7, 11) is -2.14. The van der Waals surface area contributed by atoms with Crippen molar-refractivity contribution < 1.29 is 17.9 Å². The number of benzene rings is 2. The van der Waals surface area contributed by atoms with Crippen molar-refractivity contribution in [1.29, 1.82) is 0 Å². The molecule has 0 spiro atoms. The molecule has 0 aliphatic rings. The van der Waals surface area contributed by atoms with E-state index >= 15 is 0 Å². The zero-order valence-corrected chi connectivity index (χ0v) is 18.9. The van der Waals surface area contributed by atoms with Crippen molar-refractivity contribution >= 4 is 27.3 Å². The van der Waals surface area contributed by atoms with Crippen molar-refractivity contribution in [2.24, 2.45) is 0 Å². The lowest BCUT2D eigenvalue weighted by Crippen LogP contribution is -2.28. The largest absolute Gasteiger partial charge is 0.496 e. The highest BCUT2D eigenvalue weighted by atomic mass is 35.5. The molecule has 4 aromatic rings. The molecule has 2 aromatic heterocycles. The van der Waals surface area contributed by atoms with Crippen molar-refractivity contribution in [2.45, 2.75) is 11.8 Å². The van der Waals surface area contributed by atoms with Crippen LogP contribution in [0.3, 0.4) is 0 Å². The van der Waals surface area contributed by atoms with E-state index in [0.29, 0.717) is 33.7 Å². The van der Waals surface area contributed by atoms with Gasteiger partial charge in [0.2, 0.25) is 15.9 Å². The molecule has 2 heterocycles. The van der Waals surface area contributed by atoms with Crippen molar-refractivity contribution in [3.8, 4) is 23.0 Å². The SMILES string of the molecule is COc1ccc(S(=O)(=O)NCCOc2ccc3nnc(-c4ccccc4Cl)n3n2)cc1C. The molecule has 166 valence electrons. The Morgan fingerprint density at radius 1 is 1.09 bits per heavy atom. The smallest absolute Gasteiger partial charge is 0.240 e. The molecule has 32 heavy (non-hydrogen) atoms. The summed E-state index contributed by atoms with van der Waals surface area (Å²) in [5.74, 6) is 1.40. The number of ether oxygens (including phenoxy) is 2. The van der Waals surface area contributed by atoms with E-state index in [1.54, 1.807) is 37.3 Å². The van der Waals surface area contributed by atoms with E-state index in [-0.39, 0.29) is 18.0 Å². The van der Waals surface area contributed by atoms with Gasteiger partial charge < -0.3 is 9.47 Å². The monoisotopic (exact) mass is 473 g/mol. The van der Waals surface area contributed by atoms with E-state index in [4.69, 9.17) is 21.1 Å². The van der Waals surface area contributed by atoms with Crippen molar-refractivity contribution in [1.82, 2.24) is 24.5 Å². The average Bonchev–Trinajstić information content (AvgIpc) is 3.20. The van der Waals surface area contributed by atoms with Gasteiger partial charge in [0, 0.05) is 18.2 Å². The Morgan fingerprint density at radius 3 is 2.66 bits per heavy atom. The summed E-state index contributed by atoms with van der Waals surface area (Å²) in [6, 6.07) is 15.3. The number of hydrogen-bond donors (Lipinski definition) is 1. The lowest BCUT2D eigenvalue weighted by Gasteiger charge is -2.10. The average molecular weight is 474 g/mol. The molecule has 0 aliphatic carbocycles. The highest BCUT2D eigenvalue weighted by Crippen LogP contribution is 2.26. The fourth-order valence-corrected chi connectivity index (χ4v) is 4.41. The van der Waals surface area contributed by atoms with Gasteiger partial charge in [-0.25, -0.2) is 13.1 Å². The Bertz CT molecular complexity index is 1370. The van der Waals surface area contributed by atoms with Crippen molar-refractivity contribution in [3.05, 3.63) is 65.2 Å². The summed E-state index contributed by atoms with van der Waals surface area (Å²) in [5.41, 5.74) is 1.95. The summed E-state index contributed by atoms with van der Waals surface area (Å²) < 4.78 is 39.9. The first-order chi connectivity index (χ1) is 15.4. The standard InChI is InChI=1S/C21H20ClN5O4S/c1-14-13-15(7-8-18(14)30-2)32(28,29)23-11-12-31-20-10-9-19-24-25-21(27(19)26-20)16-5-3-4-6-17(16)22/h3-10,13,23H,11-12H2,1-2H3. The van der Waals surface area contributed by atoms with Crippen LogP contribution in [-0.2, 0) is 10.0 Å². The molecule has 9 nitrogen and oxygen atoms in total. The van der Waals surface area contributed by atoms with E-state index in [0.717, 1.165) is 5.56 Å². The van der Waals surface area contributed by atoms with Gasteiger partial charge in [-0.3, -0.25) is 0 Å². The van der Waals surface area contributed by atoms with Crippen LogP contribution >= 0.6 is 11.6 Å². The van der Waals surface area contributed by atoms with Crippen LogP contribution in [0.15, 0.2) is 59.5 Å². The van der Waals surface area contributed by atoms with Crippen LogP contribution in [-0.4, -0.2) is 48.5 Å². The van der Waals surface area contributed by atoms with E-state index in [1.165, 1.54) is 17.7 Å². The molecule has 4 rings (SSSR count). The molecule has 0 saturated carbocycles. The first-order valence-electron chi connectivity index (χ1n) is 9.63. The van der Waals surface area contributed by atoms with Crippen LogP contribution in [0.25, 0.3) is 17.0 Å². The van der Waals surface area contributed by atoms with Crippen LogP contribution in [0.1, 0.15) is 5.56 Å². The maximum Gasteiger partial charge on any atom is 0.240 e. The number of rotatable bonds is 8. The molecular formula is C21H20ClN5O4S. The third-order valence-electron chi connectivity index (χ3n) is 4.67.